The normalized spacial score (nSPS) is 9.64. The van der Waals surface area contributed by atoms with Crippen molar-refractivity contribution < 1.29 is 0 Å². The number of fused-ring (bicyclic) bond motifs is 1. The van der Waals surface area contributed by atoms with Crippen LogP contribution in [0.15, 0.2) is 18.6 Å². The van der Waals surface area contributed by atoms with Gasteiger partial charge in [0.2, 0.25) is 0 Å². The molecule has 68 valence electrons. The number of anilines is 1. The number of nitrogens with zero attached hydrogens (tertiary/aromatic N) is 4. The van der Waals surface area contributed by atoms with E-state index in [0.717, 1.165) is 5.56 Å². The van der Waals surface area contributed by atoms with E-state index in [1.54, 1.807) is 18.6 Å². The molecule has 0 saturated carbocycles. The third-order valence-corrected chi connectivity index (χ3v) is 1.62. The first kappa shape index (κ1) is 8.38. The summed E-state index contributed by atoms with van der Waals surface area (Å²) in [6.45, 7) is 0.411. The Bertz CT molecular complexity index is 447. The van der Waals surface area contributed by atoms with Crippen LogP contribution in [0.3, 0.4) is 0 Å². The highest BCUT2D eigenvalue weighted by Crippen LogP contribution is 2.13. The predicted octanol–water partition coefficient (Wildman–Crippen LogP) is 0.416. The Kier molecular flexibility index (Phi) is 2.19. The quantitative estimate of drug-likeness (QED) is 0.687. The summed E-state index contributed by atoms with van der Waals surface area (Å²) in [7, 11) is 0. The lowest BCUT2D eigenvalue weighted by molar-refractivity contribution is 1.07. The highest BCUT2D eigenvalue weighted by molar-refractivity contribution is 5.54. The first-order valence-electron chi connectivity index (χ1n) is 4.01. The standard InChI is InChI=1S/C9H7N5/c1-2-3-11-8-6-10-4-7-5-12-14-9(7)13-8/h1,4-6H,3H2,(H,11,13,14). The number of nitrogens with one attached hydrogen (secondary N) is 1. The van der Waals surface area contributed by atoms with E-state index < -0.39 is 0 Å². The second kappa shape index (κ2) is 3.66. The van der Waals surface area contributed by atoms with Gasteiger partial charge in [-0.25, -0.2) is 4.98 Å². The van der Waals surface area contributed by atoms with Crippen molar-refractivity contribution in [2.75, 3.05) is 11.9 Å². The maximum absolute atomic E-state index is 5.11. The van der Waals surface area contributed by atoms with Crippen LogP contribution in [0.25, 0.3) is 11.4 Å². The second-order valence-corrected chi connectivity index (χ2v) is 2.59. The molecule has 0 saturated heterocycles. The Balaban J connectivity index is 2.35. The minimum atomic E-state index is 0.411. The molecular weight excluding hydrogens is 178 g/mol. The molecule has 0 aromatic heterocycles. The molecular formula is C9H7N5. The number of hydrogen-bond donors (Lipinski definition) is 1. The fourth-order valence-corrected chi connectivity index (χ4v) is 0.997. The molecule has 0 unspecified atom stereocenters. The van der Waals surface area contributed by atoms with E-state index in [0.29, 0.717) is 18.2 Å². The molecule has 0 spiro atoms. The van der Waals surface area contributed by atoms with Crippen LogP contribution in [-0.2, 0) is 0 Å². The summed E-state index contributed by atoms with van der Waals surface area (Å²) >= 11 is 0. The Labute approximate surface area is 81.0 Å². The van der Waals surface area contributed by atoms with E-state index in [-0.39, 0.29) is 0 Å². The molecule has 0 fully saturated rings. The molecule has 2 aliphatic rings. The van der Waals surface area contributed by atoms with Crippen molar-refractivity contribution in [1.82, 2.24) is 20.2 Å². The van der Waals surface area contributed by atoms with Crippen LogP contribution in [0.4, 0.5) is 5.82 Å². The first-order valence-corrected chi connectivity index (χ1v) is 4.01. The van der Waals surface area contributed by atoms with Gasteiger partial charge in [-0.3, -0.25) is 4.98 Å². The van der Waals surface area contributed by atoms with Gasteiger partial charge in [-0.15, -0.1) is 11.5 Å². The van der Waals surface area contributed by atoms with E-state index in [9.17, 15) is 0 Å². The lowest BCUT2D eigenvalue weighted by Crippen LogP contribution is -1.99. The summed E-state index contributed by atoms with van der Waals surface area (Å²) in [5, 5.41) is 10.5. The van der Waals surface area contributed by atoms with Gasteiger partial charge in [0.05, 0.1) is 24.5 Å². The smallest absolute Gasteiger partial charge is 0.186 e. The summed E-state index contributed by atoms with van der Waals surface area (Å²) in [5.41, 5.74) is 0.804. The molecule has 2 heterocycles. The molecule has 0 radical (unpaired) electrons. The molecule has 14 heavy (non-hydrogen) atoms. The van der Waals surface area contributed by atoms with Gasteiger partial charge in [0.1, 0.15) is 5.82 Å². The Morgan fingerprint density at radius 3 is 3.14 bits per heavy atom. The van der Waals surface area contributed by atoms with Gasteiger partial charge in [0, 0.05) is 6.20 Å². The average molecular weight is 185 g/mol. The second-order valence-electron chi connectivity index (χ2n) is 2.59. The largest absolute Gasteiger partial charge is 0.358 e. The van der Waals surface area contributed by atoms with Gasteiger partial charge in [-0.2, -0.15) is 5.10 Å². The fraction of sp³-hybridized carbons (Fsp3) is 0.111. The highest BCUT2D eigenvalue weighted by Gasteiger charge is 2.05. The SMILES string of the molecule is C#CCNc1cncc2cnnc-2n1. The Morgan fingerprint density at radius 1 is 1.36 bits per heavy atom. The van der Waals surface area contributed by atoms with Crippen LogP contribution >= 0.6 is 0 Å². The van der Waals surface area contributed by atoms with Gasteiger partial charge >= 0.3 is 0 Å². The summed E-state index contributed by atoms with van der Waals surface area (Å²) in [6.07, 6.45) is 9.98. The molecule has 0 amide bonds. The van der Waals surface area contributed by atoms with E-state index in [1.165, 1.54) is 0 Å². The van der Waals surface area contributed by atoms with Crippen molar-refractivity contribution in [2.45, 2.75) is 0 Å². The third-order valence-electron chi connectivity index (χ3n) is 1.62. The van der Waals surface area contributed by atoms with Gasteiger partial charge in [0.25, 0.3) is 0 Å². The van der Waals surface area contributed by atoms with Gasteiger partial charge < -0.3 is 5.32 Å². The summed E-state index contributed by atoms with van der Waals surface area (Å²) < 4.78 is 0. The van der Waals surface area contributed by atoms with E-state index in [4.69, 9.17) is 6.42 Å². The minimum Gasteiger partial charge on any atom is -0.358 e. The maximum Gasteiger partial charge on any atom is 0.186 e. The molecule has 5 heteroatoms. The van der Waals surface area contributed by atoms with E-state index in [2.05, 4.69) is 31.4 Å². The number of terminal acetylenes is 1. The molecule has 5 nitrogen and oxygen atoms in total. The topological polar surface area (TPSA) is 63.6 Å². The molecule has 2 aliphatic heterocycles. The van der Waals surface area contributed by atoms with Gasteiger partial charge in [-0.05, 0) is 0 Å². The molecule has 0 atom stereocenters. The van der Waals surface area contributed by atoms with Crippen molar-refractivity contribution in [1.29, 1.82) is 0 Å². The zero-order valence-corrected chi connectivity index (χ0v) is 7.31. The van der Waals surface area contributed by atoms with Crippen LogP contribution in [0, 0.1) is 12.3 Å². The Morgan fingerprint density at radius 2 is 2.29 bits per heavy atom. The molecule has 0 aromatic carbocycles. The molecule has 1 N–H and O–H groups in total. The first-order chi connectivity index (χ1) is 6.90. The van der Waals surface area contributed by atoms with Crippen LogP contribution in [0.5, 0.6) is 0 Å². The summed E-state index contributed by atoms with van der Waals surface area (Å²) in [5.74, 6) is 3.61. The minimum absolute atomic E-state index is 0.411. The highest BCUT2D eigenvalue weighted by atomic mass is 15.2. The van der Waals surface area contributed by atoms with E-state index in [1.807, 2.05) is 0 Å². The van der Waals surface area contributed by atoms with Crippen molar-refractivity contribution >= 4 is 5.82 Å². The predicted molar refractivity (Wildman–Crippen MR) is 51.6 cm³/mol. The summed E-state index contributed by atoms with van der Waals surface area (Å²) in [6, 6.07) is 0. The van der Waals surface area contributed by atoms with Crippen LogP contribution in [0.2, 0.25) is 0 Å². The van der Waals surface area contributed by atoms with Gasteiger partial charge in [-0.1, -0.05) is 5.92 Å². The van der Waals surface area contributed by atoms with Crippen molar-refractivity contribution in [2.24, 2.45) is 0 Å². The van der Waals surface area contributed by atoms with Crippen molar-refractivity contribution in [3.05, 3.63) is 18.6 Å². The number of aromatic nitrogens is 4. The lowest BCUT2D eigenvalue weighted by Gasteiger charge is -1.95. The number of hydrogen-bond acceptors (Lipinski definition) is 5. The molecule has 0 aliphatic carbocycles. The fourth-order valence-electron chi connectivity index (χ4n) is 0.997. The van der Waals surface area contributed by atoms with Crippen LogP contribution in [0.1, 0.15) is 0 Å². The molecule has 2 rings (SSSR count). The average Bonchev–Trinajstić information content (AvgIpc) is 2.54. The molecule has 0 bridgehead atoms. The van der Waals surface area contributed by atoms with Gasteiger partial charge in [0.15, 0.2) is 5.82 Å². The van der Waals surface area contributed by atoms with E-state index >= 15 is 0 Å². The van der Waals surface area contributed by atoms with Crippen LogP contribution < -0.4 is 5.32 Å². The lowest BCUT2D eigenvalue weighted by atomic mass is 10.3. The van der Waals surface area contributed by atoms with Crippen molar-refractivity contribution in [3.63, 3.8) is 0 Å². The number of rotatable bonds is 2. The zero-order chi connectivity index (χ0) is 9.80. The summed E-state index contributed by atoms with van der Waals surface area (Å²) in [4.78, 5) is 8.22. The van der Waals surface area contributed by atoms with Crippen molar-refractivity contribution in [3.8, 4) is 23.7 Å². The monoisotopic (exact) mass is 185 g/mol. The van der Waals surface area contributed by atoms with Crippen LogP contribution in [-0.4, -0.2) is 26.7 Å². The maximum atomic E-state index is 5.11. The molecule has 0 aromatic rings. The Hall–Kier alpha value is -2.22. The zero-order valence-electron chi connectivity index (χ0n) is 7.31. The third kappa shape index (κ3) is 1.59.